The maximum atomic E-state index is 12.1. The van der Waals surface area contributed by atoms with Gasteiger partial charge in [0, 0.05) is 51.7 Å². The number of fused-ring (bicyclic) bond motifs is 1. The molecule has 3 heterocycles. The highest BCUT2D eigenvalue weighted by Crippen LogP contribution is 2.28. The Balaban J connectivity index is 1.82. The number of carbonyl (C=O) groups excluding carboxylic acids is 1. The standard InChI is InChI=1S/C17H23N5O2/c1-12-15-19-14(17(23)20(2)3)11-22(15)9-8-21(12)10-13-6-5-7-18-16(13)24-4/h5-7,11-12H,8-10H2,1-4H3/t12-/m1/s1. The second-order valence-corrected chi connectivity index (χ2v) is 6.20. The van der Waals surface area contributed by atoms with Gasteiger partial charge in [0.25, 0.3) is 5.91 Å². The van der Waals surface area contributed by atoms with Crippen molar-refractivity contribution in [3.63, 3.8) is 0 Å². The van der Waals surface area contributed by atoms with E-state index < -0.39 is 0 Å². The van der Waals surface area contributed by atoms with Gasteiger partial charge in [-0.05, 0) is 13.0 Å². The van der Waals surface area contributed by atoms with Gasteiger partial charge in [-0.2, -0.15) is 0 Å². The Hall–Kier alpha value is -2.41. The number of hydrogen-bond donors (Lipinski definition) is 0. The summed E-state index contributed by atoms with van der Waals surface area (Å²) in [5, 5.41) is 0. The van der Waals surface area contributed by atoms with Crippen molar-refractivity contribution in [1.29, 1.82) is 0 Å². The SMILES string of the molecule is COc1ncccc1CN1CCn2cc(C(=O)N(C)C)nc2[C@H]1C. The lowest BCUT2D eigenvalue weighted by Crippen LogP contribution is -2.36. The maximum Gasteiger partial charge on any atom is 0.273 e. The average Bonchev–Trinajstić information content (AvgIpc) is 3.02. The Labute approximate surface area is 141 Å². The largest absolute Gasteiger partial charge is 0.481 e. The van der Waals surface area contributed by atoms with Gasteiger partial charge in [-0.15, -0.1) is 0 Å². The van der Waals surface area contributed by atoms with E-state index in [1.54, 1.807) is 32.3 Å². The molecule has 1 atom stereocenters. The van der Waals surface area contributed by atoms with E-state index >= 15 is 0 Å². The van der Waals surface area contributed by atoms with E-state index in [1.165, 1.54) is 0 Å². The lowest BCUT2D eigenvalue weighted by molar-refractivity contribution is 0.0822. The van der Waals surface area contributed by atoms with E-state index in [4.69, 9.17) is 4.74 Å². The van der Waals surface area contributed by atoms with Gasteiger partial charge in [0.1, 0.15) is 11.5 Å². The summed E-state index contributed by atoms with van der Waals surface area (Å²) < 4.78 is 7.43. The summed E-state index contributed by atoms with van der Waals surface area (Å²) in [5.41, 5.74) is 1.55. The molecule has 7 nitrogen and oxygen atoms in total. The Morgan fingerprint density at radius 1 is 1.42 bits per heavy atom. The number of carbonyl (C=O) groups is 1. The van der Waals surface area contributed by atoms with Crippen molar-refractivity contribution in [2.75, 3.05) is 27.7 Å². The van der Waals surface area contributed by atoms with E-state index in [2.05, 4.69) is 26.4 Å². The van der Waals surface area contributed by atoms with E-state index in [-0.39, 0.29) is 11.9 Å². The number of amides is 1. The van der Waals surface area contributed by atoms with Crippen LogP contribution in [0.5, 0.6) is 5.88 Å². The van der Waals surface area contributed by atoms with Crippen LogP contribution in [-0.2, 0) is 13.1 Å². The van der Waals surface area contributed by atoms with Crippen LogP contribution in [0.15, 0.2) is 24.5 Å². The highest BCUT2D eigenvalue weighted by molar-refractivity contribution is 5.91. The minimum Gasteiger partial charge on any atom is -0.481 e. The summed E-state index contributed by atoms with van der Waals surface area (Å²) in [5.74, 6) is 1.51. The second kappa shape index (κ2) is 6.60. The van der Waals surface area contributed by atoms with E-state index in [0.29, 0.717) is 11.6 Å². The van der Waals surface area contributed by atoms with E-state index in [0.717, 1.165) is 31.0 Å². The van der Waals surface area contributed by atoms with Crippen LogP contribution >= 0.6 is 0 Å². The summed E-state index contributed by atoms with van der Waals surface area (Å²) in [6.45, 7) is 4.56. The van der Waals surface area contributed by atoms with Crippen LogP contribution in [0, 0.1) is 0 Å². The predicted octanol–water partition coefficient (Wildman–Crippen LogP) is 1.57. The van der Waals surface area contributed by atoms with Crippen molar-refractivity contribution in [1.82, 2.24) is 24.3 Å². The molecule has 128 valence electrons. The molecule has 1 amide bonds. The number of imidazole rings is 1. The fourth-order valence-corrected chi connectivity index (χ4v) is 3.03. The first-order chi connectivity index (χ1) is 11.5. The van der Waals surface area contributed by atoms with E-state index in [1.807, 2.05) is 18.3 Å². The van der Waals surface area contributed by atoms with Crippen molar-refractivity contribution in [3.8, 4) is 5.88 Å². The first-order valence-corrected chi connectivity index (χ1v) is 8.02. The first kappa shape index (κ1) is 16.4. The third-order valence-electron chi connectivity index (χ3n) is 4.40. The second-order valence-electron chi connectivity index (χ2n) is 6.20. The van der Waals surface area contributed by atoms with Gasteiger partial charge in [-0.25, -0.2) is 9.97 Å². The summed E-state index contributed by atoms with van der Waals surface area (Å²) in [6.07, 6.45) is 3.59. The Bertz CT molecular complexity index is 740. The third kappa shape index (κ3) is 2.99. The topological polar surface area (TPSA) is 63.5 Å². The van der Waals surface area contributed by atoms with Crippen LogP contribution in [0.3, 0.4) is 0 Å². The van der Waals surface area contributed by atoms with Crippen molar-refractivity contribution < 1.29 is 9.53 Å². The van der Waals surface area contributed by atoms with Crippen LogP contribution in [0.4, 0.5) is 0 Å². The minimum atomic E-state index is -0.0652. The third-order valence-corrected chi connectivity index (χ3v) is 4.40. The quantitative estimate of drug-likeness (QED) is 0.852. The van der Waals surface area contributed by atoms with Gasteiger partial charge >= 0.3 is 0 Å². The molecule has 0 spiro atoms. The molecule has 1 aliphatic heterocycles. The molecule has 7 heteroatoms. The van der Waals surface area contributed by atoms with Crippen molar-refractivity contribution in [2.24, 2.45) is 0 Å². The molecule has 0 N–H and O–H groups in total. The number of aromatic nitrogens is 3. The smallest absolute Gasteiger partial charge is 0.273 e. The van der Waals surface area contributed by atoms with Crippen molar-refractivity contribution >= 4 is 5.91 Å². The maximum absolute atomic E-state index is 12.1. The van der Waals surface area contributed by atoms with Crippen LogP contribution in [0.25, 0.3) is 0 Å². The molecule has 0 bridgehead atoms. The van der Waals surface area contributed by atoms with Gasteiger partial charge in [0.05, 0.1) is 13.2 Å². The minimum absolute atomic E-state index is 0.0652. The molecule has 0 saturated heterocycles. The number of rotatable bonds is 4. The molecule has 2 aromatic rings. The first-order valence-electron chi connectivity index (χ1n) is 8.02. The molecule has 0 saturated carbocycles. The highest BCUT2D eigenvalue weighted by Gasteiger charge is 2.28. The van der Waals surface area contributed by atoms with Gasteiger partial charge < -0.3 is 14.2 Å². The fourth-order valence-electron chi connectivity index (χ4n) is 3.03. The van der Waals surface area contributed by atoms with Crippen LogP contribution < -0.4 is 4.74 Å². The molecule has 0 radical (unpaired) electrons. The molecular weight excluding hydrogens is 306 g/mol. The predicted molar refractivity (Wildman–Crippen MR) is 89.9 cm³/mol. The van der Waals surface area contributed by atoms with E-state index in [9.17, 15) is 4.79 Å². The Kier molecular flexibility index (Phi) is 4.53. The van der Waals surface area contributed by atoms with Crippen LogP contribution in [0.1, 0.15) is 34.8 Å². The van der Waals surface area contributed by atoms with Crippen molar-refractivity contribution in [3.05, 3.63) is 41.6 Å². The molecule has 0 aromatic carbocycles. The zero-order chi connectivity index (χ0) is 17.3. The summed E-state index contributed by atoms with van der Waals surface area (Å²) >= 11 is 0. The molecule has 3 rings (SSSR count). The summed E-state index contributed by atoms with van der Waals surface area (Å²) in [7, 11) is 5.12. The molecule has 2 aromatic heterocycles. The van der Waals surface area contributed by atoms with Gasteiger partial charge in [0.2, 0.25) is 5.88 Å². The lowest BCUT2D eigenvalue weighted by Gasteiger charge is -2.33. The van der Waals surface area contributed by atoms with Crippen LogP contribution in [0.2, 0.25) is 0 Å². The Morgan fingerprint density at radius 3 is 2.92 bits per heavy atom. The van der Waals surface area contributed by atoms with Gasteiger partial charge in [0.15, 0.2) is 0 Å². The van der Waals surface area contributed by atoms with Crippen molar-refractivity contribution in [2.45, 2.75) is 26.1 Å². The molecule has 24 heavy (non-hydrogen) atoms. The van der Waals surface area contributed by atoms with Crippen LogP contribution in [-0.4, -0.2) is 58.0 Å². The lowest BCUT2D eigenvalue weighted by atomic mass is 10.1. The number of ether oxygens (including phenoxy) is 1. The number of nitrogens with zero attached hydrogens (tertiary/aromatic N) is 5. The molecule has 0 unspecified atom stereocenters. The fraction of sp³-hybridized carbons (Fsp3) is 0.471. The normalized spacial score (nSPS) is 17.4. The molecule has 1 aliphatic rings. The van der Waals surface area contributed by atoms with Gasteiger partial charge in [-0.1, -0.05) is 6.07 Å². The zero-order valence-electron chi connectivity index (χ0n) is 14.6. The zero-order valence-corrected chi connectivity index (χ0v) is 14.6. The Morgan fingerprint density at radius 2 is 2.21 bits per heavy atom. The average molecular weight is 329 g/mol. The summed E-state index contributed by atoms with van der Waals surface area (Å²) in [6, 6.07) is 4.06. The molecule has 0 fully saturated rings. The monoisotopic (exact) mass is 329 g/mol. The summed E-state index contributed by atoms with van der Waals surface area (Å²) in [4.78, 5) is 24.8. The molecular formula is C17H23N5O2. The number of methoxy groups -OCH3 is 1. The number of hydrogen-bond acceptors (Lipinski definition) is 5. The number of pyridine rings is 1. The van der Waals surface area contributed by atoms with Gasteiger partial charge in [-0.3, -0.25) is 9.69 Å². The molecule has 0 aliphatic carbocycles. The highest BCUT2D eigenvalue weighted by atomic mass is 16.5.